The van der Waals surface area contributed by atoms with Crippen LogP contribution in [0.5, 0.6) is 0 Å². The summed E-state index contributed by atoms with van der Waals surface area (Å²) in [5.41, 5.74) is 1.81. The zero-order valence-corrected chi connectivity index (χ0v) is 8.31. The number of benzene rings is 1. The van der Waals surface area contributed by atoms with Gasteiger partial charge in [0, 0.05) is 17.3 Å². The Balaban J connectivity index is 1.94. The Morgan fingerprint density at radius 2 is 2.07 bits per heavy atom. The van der Waals surface area contributed by atoms with Crippen molar-refractivity contribution in [3.63, 3.8) is 0 Å². The molecule has 1 aromatic rings. The Hall–Kier alpha value is -1.24. The number of ether oxygens (including phenoxy) is 1. The van der Waals surface area contributed by atoms with E-state index in [0.717, 1.165) is 6.61 Å². The van der Waals surface area contributed by atoms with Gasteiger partial charge in [0.15, 0.2) is 0 Å². The summed E-state index contributed by atoms with van der Waals surface area (Å²) >= 11 is 0. The molecule has 1 aliphatic carbocycles. The molecule has 0 N–H and O–H groups in total. The largest absolute Gasteiger partial charge is 0.501 e. The summed E-state index contributed by atoms with van der Waals surface area (Å²) in [4.78, 5) is 0. The molecule has 1 aromatic carbocycles. The van der Waals surface area contributed by atoms with Crippen LogP contribution >= 0.6 is 0 Å². The van der Waals surface area contributed by atoms with Crippen LogP contribution in [0.25, 0.3) is 0 Å². The molecule has 0 unspecified atom stereocenters. The van der Waals surface area contributed by atoms with E-state index >= 15 is 0 Å². The van der Waals surface area contributed by atoms with E-state index < -0.39 is 0 Å². The second kappa shape index (κ2) is 2.63. The van der Waals surface area contributed by atoms with E-state index in [1.807, 2.05) is 6.26 Å². The quantitative estimate of drug-likeness (QED) is 0.655. The van der Waals surface area contributed by atoms with Gasteiger partial charge in [0.1, 0.15) is 0 Å². The van der Waals surface area contributed by atoms with Crippen molar-refractivity contribution < 1.29 is 4.74 Å². The first-order valence-corrected chi connectivity index (χ1v) is 5.16. The molecule has 2 aliphatic rings. The Morgan fingerprint density at radius 3 is 2.71 bits per heavy atom. The second-order valence-corrected chi connectivity index (χ2v) is 4.50. The first kappa shape index (κ1) is 8.10. The predicted molar refractivity (Wildman–Crippen MR) is 55.9 cm³/mol. The van der Waals surface area contributed by atoms with Gasteiger partial charge in [0.05, 0.1) is 12.9 Å². The monoisotopic (exact) mass is 186 g/mol. The second-order valence-electron chi connectivity index (χ2n) is 4.50. The number of allylic oxidation sites excluding steroid dienone is 1. The summed E-state index contributed by atoms with van der Waals surface area (Å²) in [7, 11) is 0. The molecule has 1 saturated carbocycles. The van der Waals surface area contributed by atoms with Gasteiger partial charge in [-0.15, -0.1) is 0 Å². The minimum atomic E-state index is 0.361. The Kier molecular flexibility index (Phi) is 1.52. The van der Waals surface area contributed by atoms with Crippen LogP contribution in [0.15, 0.2) is 42.7 Å². The maximum absolute atomic E-state index is 5.36. The molecule has 1 nitrogen and oxygen atoms in total. The average molecular weight is 186 g/mol. The highest BCUT2D eigenvalue weighted by atomic mass is 16.5. The van der Waals surface area contributed by atoms with Crippen LogP contribution in [-0.2, 0) is 4.74 Å². The van der Waals surface area contributed by atoms with E-state index in [-0.39, 0.29) is 0 Å². The highest BCUT2D eigenvalue weighted by Gasteiger charge is 2.61. The average Bonchev–Trinajstić information content (AvgIpc) is 2.85. The normalized spacial score (nSPS) is 38.6. The molecule has 0 amide bonds. The summed E-state index contributed by atoms with van der Waals surface area (Å²) in [6, 6.07) is 10.8. The molecule has 0 radical (unpaired) electrons. The van der Waals surface area contributed by atoms with Gasteiger partial charge in [0.2, 0.25) is 0 Å². The van der Waals surface area contributed by atoms with Gasteiger partial charge >= 0.3 is 0 Å². The van der Waals surface area contributed by atoms with Crippen molar-refractivity contribution in [2.75, 3.05) is 6.61 Å². The molecular formula is C13H14O. The van der Waals surface area contributed by atoms with Gasteiger partial charge < -0.3 is 4.74 Å². The molecule has 72 valence electrons. The van der Waals surface area contributed by atoms with E-state index in [2.05, 4.69) is 43.3 Å². The van der Waals surface area contributed by atoms with Crippen molar-refractivity contribution in [2.45, 2.75) is 12.8 Å². The van der Waals surface area contributed by atoms with Gasteiger partial charge in [-0.05, 0) is 11.6 Å². The molecular weight excluding hydrogens is 172 g/mol. The Labute approximate surface area is 84.4 Å². The topological polar surface area (TPSA) is 9.23 Å². The van der Waals surface area contributed by atoms with E-state index in [4.69, 9.17) is 4.74 Å². The molecule has 3 rings (SSSR count). The minimum absolute atomic E-state index is 0.361. The minimum Gasteiger partial charge on any atom is -0.501 e. The first-order valence-electron chi connectivity index (χ1n) is 5.16. The van der Waals surface area contributed by atoms with Crippen LogP contribution in [-0.4, -0.2) is 6.61 Å². The smallest absolute Gasteiger partial charge is 0.0915 e. The van der Waals surface area contributed by atoms with Crippen LogP contribution in [0.3, 0.4) is 0 Å². The number of hydrogen-bond donors (Lipinski definition) is 0. The number of fused-ring (bicyclic) bond motifs is 1. The molecule has 3 atom stereocenters. The standard InChI is InChI=1S/C13H14O/c1-13-7-8-14-9-11(13)12(13)10-5-3-2-4-6-10/h2-8,11-12H,9H2,1H3/t11-,12-,13-/m1/s1. The lowest BCUT2D eigenvalue weighted by Gasteiger charge is -2.10. The van der Waals surface area contributed by atoms with E-state index in [9.17, 15) is 0 Å². The summed E-state index contributed by atoms with van der Waals surface area (Å²) in [5, 5.41) is 0. The fraction of sp³-hybridized carbons (Fsp3) is 0.385. The zero-order chi connectivity index (χ0) is 9.60. The molecule has 0 bridgehead atoms. The maximum Gasteiger partial charge on any atom is 0.0915 e. The highest BCUT2D eigenvalue weighted by molar-refractivity contribution is 5.36. The van der Waals surface area contributed by atoms with Crippen molar-refractivity contribution in [1.82, 2.24) is 0 Å². The fourth-order valence-corrected chi connectivity index (χ4v) is 2.73. The van der Waals surface area contributed by atoms with Crippen molar-refractivity contribution in [3.8, 4) is 0 Å². The highest BCUT2D eigenvalue weighted by Crippen LogP contribution is 2.66. The van der Waals surface area contributed by atoms with Crippen molar-refractivity contribution in [2.24, 2.45) is 11.3 Å². The lowest BCUT2D eigenvalue weighted by Crippen LogP contribution is -2.04. The molecule has 0 aromatic heterocycles. The van der Waals surface area contributed by atoms with E-state index in [0.29, 0.717) is 17.3 Å². The molecule has 0 spiro atoms. The lowest BCUT2D eigenvalue weighted by molar-refractivity contribution is 0.204. The molecule has 1 heteroatoms. The van der Waals surface area contributed by atoms with Crippen molar-refractivity contribution in [3.05, 3.63) is 48.2 Å². The van der Waals surface area contributed by atoms with Crippen LogP contribution < -0.4 is 0 Å². The number of rotatable bonds is 1. The SMILES string of the molecule is C[C@@]12C=COC[C@@H]1[C@H]2c1ccccc1. The van der Waals surface area contributed by atoms with Gasteiger partial charge in [-0.2, -0.15) is 0 Å². The predicted octanol–water partition coefficient (Wildman–Crippen LogP) is 2.95. The first-order chi connectivity index (χ1) is 6.82. The lowest BCUT2D eigenvalue weighted by atomic mass is 10.0. The Bertz CT molecular complexity index is 368. The van der Waals surface area contributed by atoms with Crippen molar-refractivity contribution >= 4 is 0 Å². The summed E-state index contributed by atoms with van der Waals surface area (Å²) in [6.07, 6.45) is 4.08. The van der Waals surface area contributed by atoms with Crippen LogP contribution in [0.1, 0.15) is 18.4 Å². The third-order valence-corrected chi connectivity index (χ3v) is 3.72. The van der Waals surface area contributed by atoms with Crippen LogP contribution in [0.2, 0.25) is 0 Å². The van der Waals surface area contributed by atoms with Gasteiger partial charge in [-0.3, -0.25) is 0 Å². The summed E-state index contributed by atoms with van der Waals surface area (Å²) in [6.45, 7) is 3.21. The molecule has 1 aliphatic heterocycles. The van der Waals surface area contributed by atoms with Crippen molar-refractivity contribution in [1.29, 1.82) is 0 Å². The number of hydrogen-bond acceptors (Lipinski definition) is 1. The maximum atomic E-state index is 5.36. The van der Waals surface area contributed by atoms with Gasteiger partial charge in [0.25, 0.3) is 0 Å². The van der Waals surface area contributed by atoms with Crippen LogP contribution in [0, 0.1) is 11.3 Å². The van der Waals surface area contributed by atoms with Gasteiger partial charge in [-0.1, -0.05) is 37.3 Å². The zero-order valence-electron chi connectivity index (χ0n) is 8.31. The molecule has 1 fully saturated rings. The Morgan fingerprint density at radius 1 is 1.29 bits per heavy atom. The fourth-order valence-electron chi connectivity index (χ4n) is 2.73. The van der Waals surface area contributed by atoms with Gasteiger partial charge in [-0.25, -0.2) is 0 Å². The summed E-state index contributed by atoms with van der Waals surface area (Å²) in [5.74, 6) is 1.36. The summed E-state index contributed by atoms with van der Waals surface area (Å²) < 4.78 is 5.36. The molecule has 0 saturated heterocycles. The van der Waals surface area contributed by atoms with E-state index in [1.165, 1.54) is 5.56 Å². The van der Waals surface area contributed by atoms with Crippen LogP contribution in [0.4, 0.5) is 0 Å². The van der Waals surface area contributed by atoms with E-state index in [1.54, 1.807) is 0 Å². The third-order valence-electron chi connectivity index (χ3n) is 3.72. The molecule has 14 heavy (non-hydrogen) atoms. The third kappa shape index (κ3) is 0.955. The molecule has 1 heterocycles.